The molecule has 1 rings (SSSR count). The summed E-state index contributed by atoms with van der Waals surface area (Å²) in [4.78, 5) is 26.1. The van der Waals surface area contributed by atoms with Gasteiger partial charge in [0.1, 0.15) is 4.84 Å². The predicted octanol–water partition coefficient (Wildman–Crippen LogP) is 3.10. The Hall–Kier alpha value is -1.44. The van der Waals surface area contributed by atoms with Gasteiger partial charge in [-0.3, -0.25) is 0 Å². The van der Waals surface area contributed by atoms with E-state index in [4.69, 9.17) is 23.2 Å². The van der Waals surface area contributed by atoms with Crippen LogP contribution in [0.2, 0.25) is 0 Å². The molecule has 0 heterocycles. The summed E-state index contributed by atoms with van der Waals surface area (Å²) < 4.78 is 0. The number of hydrogen-bond acceptors (Lipinski definition) is 4. The molecule has 0 aliphatic heterocycles. The molecule has 0 saturated carbocycles. The number of hydrogen-bond donors (Lipinski definition) is 0. The summed E-state index contributed by atoms with van der Waals surface area (Å²) in [5, 5.41) is 0. The maximum Gasteiger partial charge on any atom is 0.240 e. The summed E-state index contributed by atoms with van der Waals surface area (Å²) in [5.74, 6) is 0. The SMILES string of the molecule is O=C=Nc1ccc(N=C=O)c(C(Cl)Cl)c1. The lowest BCUT2D eigenvalue weighted by atomic mass is 10.2. The van der Waals surface area contributed by atoms with E-state index in [1.165, 1.54) is 30.4 Å². The van der Waals surface area contributed by atoms with E-state index in [9.17, 15) is 9.59 Å². The minimum absolute atomic E-state index is 0.296. The second-order valence-electron chi connectivity index (χ2n) is 2.45. The first-order valence-electron chi connectivity index (χ1n) is 3.77. The van der Waals surface area contributed by atoms with E-state index >= 15 is 0 Å². The Bertz CT molecular complexity index is 461. The van der Waals surface area contributed by atoms with E-state index < -0.39 is 4.84 Å². The van der Waals surface area contributed by atoms with Crippen LogP contribution in [0.25, 0.3) is 0 Å². The van der Waals surface area contributed by atoms with Crippen molar-refractivity contribution >= 4 is 46.7 Å². The summed E-state index contributed by atoms with van der Waals surface area (Å²) in [6.07, 6.45) is 2.76. The number of aliphatic imine (C=N–C) groups is 2. The van der Waals surface area contributed by atoms with Gasteiger partial charge in [0.2, 0.25) is 12.2 Å². The Kier molecular flexibility index (Phi) is 4.22. The highest BCUT2D eigenvalue weighted by molar-refractivity contribution is 6.44. The molecule has 15 heavy (non-hydrogen) atoms. The first-order valence-corrected chi connectivity index (χ1v) is 4.64. The first-order chi connectivity index (χ1) is 7.19. The molecule has 1 aromatic rings. The third-order valence-corrected chi connectivity index (χ3v) is 2.06. The van der Waals surface area contributed by atoms with Crippen LogP contribution < -0.4 is 0 Å². The molecule has 0 aliphatic rings. The Morgan fingerprint density at radius 3 is 2.33 bits per heavy atom. The fraction of sp³-hybridized carbons (Fsp3) is 0.111. The van der Waals surface area contributed by atoms with Gasteiger partial charge in [0.15, 0.2) is 0 Å². The molecule has 0 radical (unpaired) electrons. The van der Waals surface area contributed by atoms with Crippen molar-refractivity contribution in [1.29, 1.82) is 0 Å². The zero-order chi connectivity index (χ0) is 11.3. The largest absolute Gasteiger partial charge is 0.240 e. The smallest absolute Gasteiger partial charge is 0.211 e. The van der Waals surface area contributed by atoms with Gasteiger partial charge in [-0.25, -0.2) is 9.59 Å². The molecular formula is C9H4Cl2N2O2. The van der Waals surface area contributed by atoms with Crippen molar-refractivity contribution in [2.75, 3.05) is 0 Å². The zero-order valence-corrected chi connectivity index (χ0v) is 8.79. The third-order valence-electron chi connectivity index (χ3n) is 1.59. The molecule has 1 aromatic carbocycles. The molecule has 0 fully saturated rings. The normalized spacial score (nSPS) is 9.27. The molecule has 0 unspecified atom stereocenters. The average Bonchev–Trinajstić information content (AvgIpc) is 2.21. The van der Waals surface area contributed by atoms with Gasteiger partial charge < -0.3 is 0 Å². The van der Waals surface area contributed by atoms with E-state index in [2.05, 4.69) is 9.98 Å². The van der Waals surface area contributed by atoms with Crippen molar-refractivity contribution in [3.05, 3.63) is 23.8 Å². The summed E-state index contributed by atoms with van der Waals surface area (Å²) in [7, 11) is 0. The predicted molar refractivity (Wildman–Crippen MR) is 56.5 cm³/mol. The summed E-state index contributed by atoms with van der Waals surface area (Å²) in [6.45, 7) is 0. The maximum absolute atomic E-state index is 10.1. The zero-order valence-electron chi connectivity index (χ0n) is 7.28. The Balaban J connectivity index is 3.32. The lowest BCUT2D eigenvalue weighted by molar-refractivity contribution is 0.564. The van der Waals surface area contributed by atoms with E-state index in [0.29, 0.717) is 16.9 Å². The van der Waals surface area contributed by atoms with Gasteiger partial charge >= 0.3 is 0 Å². The molecule has 0 N–H and O–H groups in total. The first kappa shape index (κ1) is 11.6. The molecule has 0 spiro atoms. The number of nitrogens with zero attached hydrogens (tertiary/aromatic N) is 2. The molecule has 0 bridgehead atoms. The van der Waals surface area contributed by atoms with Gasteiger partial charge in [0.05, 0.1) is 11.4 Å². The second kappa shape index (κ2) is 5.44. The van der Waals surface area contributed by atoms with Crippen LogP contribution >= 0.6 is 23.2 Å². The van der Waals surface area contributed by atoms with Crippen molar-refractivity contribution in [3.8, 4) is 0 Å². The summed E-state index contributed by atoms with van der Waals surface area (Å²) in [5.41, 5.74) is 1.03. The monoisotopic (exact) mass is 242 g/mol. The Morgan fingerprint density at radius 2 is 1.80 bits per heavy atom. The molecule has 4 nitrogen and oxygen atoms in total. The van der Waals surface area contributed by atoms with Crippen molar-refractivity contribution in [2.45, 2.75) is 4.84 Å². The molecule has 0 aromatic heterocycles. The third kappa shape index (κ3) is 3.01. The molecule has 0 atom stereocenters. The molecule has 0 aliphatic carbocycles. The van der Waals surface area contributed by atoms with Crippen LogP contribution in [0.4, 0.5) is 11.4 Å². The highest BCUT2D eigenvalue weighted by atomic mass is 35.5. The number of halogens is 2. The van der Waals surface area contributed by atoms with E-state index in [1.807, 2.05) is 0 Å². The molecule has 76 valence electrons. The summed E-state index contributed by atoms with van der Waals surface area (Å²) in [6, 6.07) is 4.40. The van der Waals surface area contributed by atoms with Gasteiger partial charge in [-0.15, -0.1) is 0 Å². The van der Waals surface area contributed by atoms with Crippen molar-refractivity contribution in [3.63, 3.8) is 0 Å². The van der Waals surface area contributed by atoms with Crippen LogP contribution in [-0.4, -0.2) is 12.2 Å². The highest BCUT2D eigenvalue weighted by Gasteiger charge is 2.10. The number of alkyl halides is 2. The van der Waals surface area contributed by atoms with Crippen LogP contribution in [0, 0.1) is 0 Å². The van der Waals surface area contributed by atoms with Gasteiger partial charge in [0.25, 0.3) is 0 Å². The molecule has 0 saturated heterocycles. The van der Waals surface area contributed by atoms with Crippen LogP contribution in [0.15, 0.2) is 28.2 Å². The highest BCUT2D eigenvalue weighted by Crippen LogP contribution is 2.35. The fourth-order valence-corrected chi connectivity index (χ4v) is 1.34. The molecular weight excluding hydrogens is 239 g/mol. The standard InChI is InChI=1S/C9H4Cl2N2O2/c10-9(11)7-3-6(12-4-14)1-2-8(7)13-5-15/h1-3,9H. The van der Waals surface area contributed by atoms with Gasteiger partial charge in [-0.1, -0.05) is 23.2 Å². The van der Waals surface area contributed by atoms with E-state index in [1.54, 1.807) is 0 Å². The van der Waals surface area contributed by atoms with Crippen LogP contribution in [0.3, 0.4) is 0 Å². The number of isocyanates is 2. The van der Waals surface area contributed by atoms with E-state index in [-0.39, 0.29) is 0 Å². The van der Waals surface area contributed by atoms with Crippen molar-refractivity contribution in [2.24, 2.45) is 9.98 Å². The molecule has 0 amide bonds. The lowest BCUT2D eigenvalue weighted by Crippen LogP contribution is -1.82. The maximum atomic E-state index is 10.1. The number of carbonyl (C=O) groups excluding carboxylic acids is 2. The average molecular weight is 243 g/mol. The van der Waals surface area contributed by atoms with Crippen molar-refractivity contribution in [1.82, 2.24) is 0 Å². The van der Waals surface area contributed by atoms with Gasteiger partial charge in [0, 0.05) is 5.56 Å². The van der Waals surface area contributed by atoms with Crippen molar-refractivity contribution < 1.29 is 9.59 Å². The Morgan fingerprint density at radius 1 is 1.13 bits per heavy atom. The van der Waals surface area contributed by atoms with E-state index in [0.717, 1.165) is 0 Å². The quantitative estimate of drug-likeness (QED) is 0.465. The molecule has 6 heteroatoms. The van der Waals surface area contributed by atoms with Crippen LogP contribution in [-0.2, 0) is 9.59 Å². The van der Waals surface area contributed by atoms with Crippen LogP contribution in [0.5, 0.6) is 0 Å². The van der Waals surface area contributed by atoms with Gasteiger partial charge in [-0.05, 0) is 18.2 Å². The number of benzene rings is 1. The minimum Gasteiger partial charge on any atom is -0.211 e. The second-order valence-corrected chi connectivity index (χ2v) is 3.55. The summed E-state index contributed by atoms with van der Waals surface area (Å²) >= 11 is 11.3. The number of rotatable bonds is 3. The van der Waals surface area contributed by atoms with Crippen LogP contribution in [0.1, 0.15) is 10.4 Å². The van der Waals surface area contributed by atoms with Gasteiger partial charge in [-0.2, -0.15) is 9.98 Å². The fourth-order valence-electron chi connectivity index (χ4n) is 0.990. The topological polar surface area (TPSA) is 58.9 Å². The lowest BCUT2D eigenvalue weighted by Gasteiger charge is -2.04. The Labute approximate surface area is 95.2 Å². The minimum atomic E-state index is -0.862.